The van der Waals surface area contributed by atoms with Crippen LogP contribution in [0.4, 0.5) is 0 Å². The normalized spacial score (nSPS) is 10.9. The van der Waals surface area contributed by atoms with Crippen molar-refractivity contribution in [2.24, 2.45) is 0 Å². The number of carbonyl (C=O) groups is 1. The quantitative estimate of drug-likeness (QED) is 0.524. The molecule has 0 aliphatic carbocycles. The highest BCUT2D eigenvalue weighted by Crippen LogP contribution is 2.30. The first-order valence-corrected chi connectivity index (χ1v) is 8.80. The molecule has 0 atom stereocenters. The Labute approximate surface area is 157 Å². The van der Waals surface area contributed by atoms with E-state index in [0.717, 1.165) is 34.2 Å². The number of carbonyl (C=O) groups excluding carboxylic acids is 1. The molecule has 4 aromatic rings. The first kappa shape index (κ1) is 17.0. The van der Waals surface area contributed by atoms with Gasteiger partial charge in [0.25, 0.3) is 5.88 Å². The molecule has 4 rings (SSSR count). The minimum atomic E-state index is 0.386. The van der Waals surface area contributed by atoms with Crippen LogP contribution in [0.3, 0.4) is 0 Å². The molecule has 0 unspecified atom stereocenters. The molecule has 0 bridgehead atoms. The van der Waals surface area contributed by atoms with Gasteiger partial charge in [0.05, 0.1) is 5.69 Å². The predicted octanol–water partition coefficient (Wildman–Crippen LogP) is 4.25. The minimum Gasteiger partial charge on any atom is -0.470 e. The van der Waals surface area contributed by atoms with Crippen LogP contribution in [0.15, 0.2) is 60.7 Å². The zero-order chi connectivity index (χ0) is 18.6. The van der Waals surface area contributed by atoms with E-state index in [9.17, 15) is 4.79 Å². The summed E-state index contributed by atoms with van der Waals surface area (Å²) in [6, 6.07) is 19.9. The van der Waals surface area contributed by atoms with Crippen LogP contribution in [-0.2, 0) is 13.0 Å². The fraction of sp³-hybridized carbons (Fsp3) is 0.136. The van der Waals surface area contributed by atoms with Gasteiger partial charge in [-0.05, 0) is 18.1 Å². The Morgan fingerprint density at radius 2 is 1.63 bits per heavy atom. The predicted molar refractivity (Wildman–Crippen MR) is 104 cm³/mol. The minimum absolute atomic E-state index is 0.386. The Morgan fingerprint density at radius 3 is 2.30 bits per heavy atom. The molecule has 0 saturated heterocycles. The van der Waals surface area contributed by atoms with Gasteiger partial charge in [0.2, 0.25) is 0 Å². The van der Waals surface area contributed by atoms with Crippen molar-refractivity contribution in [3.05, 3.63) is 88.7 Å². The van der Waals surface area contributed by atoms with Crippen LogP contribution >= 0.6 is 0 Å². The number of H-pyrrole nitrogens is 1. The summed E-state index contributed by atoms with van der Waals surface area (Å²) < 4.78 is 5.90. The van der Waals surface area contributed by atoms with Crippen molar-refractivity contribution in [2.45, 2.75) is 20.0 Å². The number of hydrogen-bond acceptors (Lipinski definition) is 4. The molecule has 0 spiro atoms. The summed E-state index contributed by atoms with van der Waals surface area (Å²) in [7, 11) is 0. The van der Waals surface area contributed by atoms with Crippen molar-refractivity contribution in [3.8, 4) is 5.88 Å². The second-order valence-electron chi connectivity index (χ2n) is 6.42. The van der Waals surface area contributed by atoms with Crippen molar-refractivity contribution in [2.75, 3.05) is 0 Å². The zero-order valence-electron chi connectivity index (χ0n) is 15.0. The molecule has 0 fully saturated rings. The van der Waals surface area contributed by atoms with Gasteiger partial charge in [-0.1, -0.05) is 60.7 Å². The highest BCUT2D eigenvalue weighted by atomic mass is 16.5. The summed E-state index contributed by atoms with van der Waals surface area (Å²) in [5, 5.41) is 9.45. The molecule has 0 radical (unpaired) electrons. The van der Waals surface area contributed by atoms with Gasteiger partial charge in [-0.15, -0.1) is 5.10 Å². The van der Waals surface area contributed by atoms with Gasteiger partial charge in [0.15, 0.2) is 6.29 Å². The molecule has 1 N–H and O–H groups in total. The summed E-state index contributed by atoms with van der Waals surface area (Å²) in [6.07, 6.45) is 1.47. The van der Waals surface area contributed by atoms with Gasteiger partial charge in [-0.3, -0.25) is 4.79 Å². The van der Waals surface area contributed by atoms with Gasteiger partial charge in [0, 0.05) is 23.1 Å². The fourth-order valence-corrected chi connectivity index (χ4v) is 3.19. The Balaban J connectivity index is 1.74. The number of aryl methyl sites for hydroxylation is 1. The number of aromatic amines is 1. The van der Waals surface area contributed by atoms with E-state index in [4.69, 9.17) is 4.74 Å². The van der Waals surface area contributed by atoms with Crippen molar-refractivity contribution >= 4 is 17.2 Å². The average Bonchev–Trinajstić information content (AvgIpc) is 3.05. The summed E-state index contributed by atoms with van der Waals surface area (Å²) in [4.78, 5) is 14.9. The van der Waals surface area contributed by atoms with Gasteiger partial charge in [0.1, 0.15) is 12.1 Å². The lowest BCUT2D eigenvalue weighted by molar-refractivity contribution is 0.112. The van der Waals surface area contributed by atoms with Gasteiger partial charge in [-0.25, -0.2) is 0 Å². The molecule has 5 nitrogen and oxygen atoms in total. The van der Waals surface area contributed by atoms with Crippen LogP contribution in [0.2, 0.25) is 0 Å². The maximum atomic E-state index is 11.7. The van der Waals surface area contributed by atoms with Crippen molar-refractivity contribution in [3.63, 3.8) is 0 Å². The number of ether oxygens (including phenoxy) is 1. The van der Waals surface area contributed by atoms with E-state index >= 15 is 0 Å². The molecule has 0 saturated carbocycles. The molecule has 0 aliphatic rings. The van der Waals surface area contributed by atoms with E-state index in [0.29, 0.717) is 30.0 Å². The molecule has 0 amide bonds. The number of rotatable bonds is 6. The Morgan fingerprint density at radius 1 is 0.963 bits per heavy atom. The lowest BCUT2D eigenvalue weighted by atomic mass is 10.0. The summed E-state index contributed by atoms with van der Waals surface area (Å²) in [6.45, 7) is 2.26. The van der Waals surface area contributed by atoms with E-state index in [1.165, 1.54) is 0 Å². The molecular formula is C22H19N3O2. The van der Waals surface area contributed by atoms with Crippen LogP contribution in [0.25, 0.3) is 10.9 Å². The summed E-state index contributed by atoms with van der Waals surface area (Å²) >= 11 is 0. The highest BCUT2D eigenvalue weighted by Gasteiger charge is 2.19. The number of hydrogen-bond donors (Lipinski definition) is 1. The van der Waals surface area contributed by atoms with E-state index in [-0.39, 0.29) is 0 Å². The maximum absolute atomic E-state index is 11.7. The van der Waals surface area contributed by atoms with Crippen molar-refractivity contribution in [1.82, 2.24) is 15.2 Å². The zero-order valence-corrected chi connectivity index (χ0v) is 15.0. The van der Waals surface area contributed by atoms with E-state index in [1.54, 1.807) is 0 Å². The van der Waals surface area contributed by atoms with Crippen molar-refractivity contribution in [1.29, 1.82) is 0 Å². The lowest BCUT2D eigenvalue weighted by Gasteiger charge is -2.08. The number of aromatic nitrogens is 3. The smallest absolute Gasteiger partial charge is 0.258 e. The Bertz CT molecular complexity index is 1070. The van der Waals surface area contributed by atoms with Crippen LogP contribution in [0, 0.1) is 6.92 Å². The lowest BCUT2D eigenvalue weighted by Crippen LogP contribution is -2.03. The third-order valence-electron chi connectivity index (χ3n) is 4.55. The first-order valence-electron chi connectivity index (χ1n) is 8.80. The maximum Gasteiger partial charge on any atom is 0.258 e. The van der Waals surface area contributed by atoms with Crippen LogP contribution in [0.1, 0.15) is 32.9 Å². The molecule has 27 heavy (non-hydrogen) atoms. The van der Waals surface area contributed by atoms with Crippen molar-refractivity contribution < 1.29 is 9.53 Å². The standard InChI is InChI=1S/C22H19N3O2/c1-15-18(13-26)20-19(12-16-8-4-2-5-9-16)24-25-22(21(20)23-15)27-14-17-10-6-3-7-11-17/h2-11,13,23H,12,14H2,1H3. The van der Waals surface area contributed by atoms with Crippen LogP contribution in [0.5, 0.6) is 5.88 Å². The Kier molecular flexibility index (Phi) is 4.66. The second kappa shape index (κ2) is 7.41. The molecule has 2 aromatic heterocycles. The first-order chi connectivity index (χ1) is 13.3. The summed E-state index contributed by atoms with van der Waals surface area (Å²) in [5.74, 6) is 0.405. The van der Waals surface area contributed by atoms with E-state index in [1.807, 2.05) is 67.6 Å². The number of benzene rings is 2. The van der Waals surface area contributed by atoms with E-state index < -0.39 is 0 Å². The fourth-order valence-electron chi connectivity index (χ4n) is 3.19. The monoisotopic (exact) mass is 357 g/mol. The average molecular weight is 357 g/mol. The van der Waals surface area contributed by atoms with E-state index in [2.05, 4.69) is 15.2 Å². The third kappa shape index (κ3) is 3.44. The van der Waals surface area contributed by atoms with Crippen LogP contribution in [-0.4, -0.2) is 21.5 Å². The van der Waals surface area contributed by atoms with Gasteiger partial charge >= 0.3 is 0 Å². The molecule has 134 valence electrons. The number of nitrogens with one attached hydrogen (secondary N) is 1. The summed E-state index contributed by atoms with van der Waals surface area (Å²) in [5.41, 5.74) is 5.02. The molecule has 2 heterocycles. The Hall–Kier alpha value is -3.47. The molecular weight excluding hydrogens is 338 g/mol. The topological polar surface area (TPSA) is 67.9 Å². The molecule has 2 aromatic carbocycles. The SMILES string of the molecule is Cc1[nH]c2c(OCc3ccccc3)nnc(Cc3ccccc3)c2c1C=O. The van der Waals surface area contributed by atoms with Crippen LogP contribution < -0.4 is 4.74 Å². The highest BCUT2D eigenvalue weighted by molar-refractivity contribution is 6.01. The third-order valence-corrected chi connectivity index (χ3v) is 4.55. The number of aldehydes is 1. The largest absolute Gasteiger partial charge is 0.470 e. The number of fused-ring (bicyclic) bond motifs is 1. The molecule has 0 aliphatic heterocycles. The molecule has 5 heteroatoms. The second-order valence-corrected chi connectivity index (χ2v) is 6.42. The number of nitrogens with zero attached hydrogens (tertiary/aromatic N) is 2. The van der Waals surface area contributed by atoms with Gasteiger partial charge < -0.3 is 9.72 Å². The van der Waals surface area contributed by atoms with Gasteiger partial charge in [-0.2, -0.15) is 5.10 Å².